The highest BCUT2D eigenvalue weighted by molar-refractivity contribution is 7.95. The first-order valence-corrected chi connectivity index (χ1v) is 12.7. The lowest BCUT2D eigenvalue weighted by atomic mass is 10.1. The van der Waals surface area contributed by atoms with Gasteiger partial charge in [0, 0.05) is 16.9 Å². The van der Waals surface area contributed by atoms with E-state index < -0.39 is 21.7 Å². The van der Waals surface area contributed by atoms with Crippen LogP contribution in [0.1, 0.15) is 18.9 Å². The minimum absolute atomic E-state index is 0.102. The van der Waals surface area contributed by atoms with Gasteiger partial charge in [-0.2, -0.15) is 14.6 Å². The SMILES string of the molecule is Cc1cc(N=S2(=O)CCC2)cc2ncnc(Nc3ccc(Cl)nc3O[C@H](C)C(=O)NCC#N)c12. The van der Waals surface area contributed by atoms with Gasteiger partial charge >= 0.3 is 0 Å². The third-order valence-electron chi connectivity index (χ3n) is 5.20. The Hall–Kier alpha value is -3.49. The van der Waals surface area contributed by atoms with Gasteiger partial charge in [-0.3, -0.25) is 4.79 Å². The molecule has 1 saturated heterocycles. The Balaban J connectivity index is 1.66. The predicted molar refractivity (Wildman–Crippen MR) is 130 cm³/mol. The highest BCUT2D eigenvalue weighted by Gasteiger charge is 2.21. The molecule has 0 aliphatic carbocycles. The summed E-state index contributed by atoms with van der Waals surface area (Å²) < 4.78 is 22.7. The topological polar surface area (TPSA) is 142 Å². The van der Waals surface area contributed by atoms with Crippen molar-refractivity contribution in [3.63, 3.8) is 0 Å². The van der Waals surface area contributed by atoms with Crippen molar-refractivity contribution in [3.05, 3.63) is 41.3 Å². The molecular weight excluding hydrogens is 478 g/mol. The van der Waals surface area contributed by atoms with Crippen molar-refractivity contribution in [2.24, 2.45) is 4.36 Å². The molecule has 3 heterocycles. The Bertz CT molecular complexity index is 1420. The predicted octanol–water partition coefficient (Wildman–Crippen LogP) is 3.64. The number of nitriles is 1. The average Bonchev–Trinajstić information content (AvgIpc) is 2.78. The lowest BCUT2D eigenvalue weighted by Gasteiger charge is -2.18. The van der Waals surface area contributed by atoms with E-state index in [4.69, 9.17) is 21.6 Å². The lowest BCUT2D eigenvalue weighted by molar-refractivity contribution is -0.127. The number of ether oxygens (including phenoxy) is 1. The fourth-order valence-corrected chi connectivity index (χ4v) is 5.01. The normalized spacial score (nSPS) is 15.0. The van der Waals surface area contributed by atoms with Crippen LogP contribution in [0.25, 0.3) is 10.9 Å². The summed E-state index contributed by atoms with van der Waals surface area (Å²) >= 11 is 6.05. The van der Waals surface area contributed by atoms with Crippen molar-refractivity contribution >= 4 is 55.3 Å². The number of carbonyl (C=O) groups is 1. The molecule has 0 bridgehead atoms. The number of aryl methyl sites for hydroxylation is 1. The van der Waals surface area contributed by atoms with Crippen LogP contribution in [0.5, 0.6) is 5.88 Å². The highest BCUT2D eigenvalue weighted by Crippen LogP contribution is 2.34. The number of rotatable bonds is 7. The van der Waals surface area contributed by atoms with Crippen LogP contribution in [-0.2, 0) is 14.5 Å². The second kappa shape index (κ2) is 9.79. The van der Waals surface area contributed by atoms with E-state index in [1.165, 1.54) is 6.33 Å². The van der Waals surface area contributed by atoms with Gasteiger partial charge < -0.3 is 15.4 Å². The van der Waals surface area contributed by atoms with E-state index in [1.54, 1.807) is 25.1 Å². The van der Waals surface area contributed by atoms with Crippen molar-refractivity contribution in [3.8, 4) is 11.9 Å². The molecule has 0 spiro atoms. The van der Waals surface area contributed by atoms with Gasteiger partial charge in [0.1, 0.15) is 29.5 Å². The molecule has 1 amide bonds. The molecule has 34 heavy (non-hydrogen) atoms. The molecule has 3 aromatic rings. The maximum absolute atomic E-state index is 12.5. The number of halogens is 1. The number of nitrogens with zero attached hydrogens (tertiary/aromatic N) is 5. The summed E-state index contributed by atoms with van der Waals surface area (Å²) in [4.78, 5) is 25.0. The minimum Gasteiger partial charge on any atom is -0.463 e. The van der Waals surface area contributed by atoms with Crippen LogP contribution in [-0.4, -0.2) is 49.2 Å². The third kappa shape index (κ3) is 5.18. The summed E-state index contributed by atoms with van der Waals surface area (Å²) in [6.45, 7) is 3.32. The van der Waals surface area contributed by atoms with E-state index in [9.17, 15) is 9.00 Å². The van der Waals surface area contributed by atoms with E-state index in [1.807, 2.05) is 19.1 Å². The average molecular weight is 500 g/mol. The Morgan fingerprint density at radius 3 is 2.85 bits per heavy atom. The maximum Gasteiger partial charge on any atom is 0.261 e. The lowest BCUT2D eigenvalue weighted by Crippen LogP contribution is -2.36. The first-order valence-electron chi connectivity index (χ1n) is 10.5. The maximum atomic E-state index is 12.5. The molecule has 1 aromatic carbocycles. The van der Waals surface area contributed by atoms with E-state index in [2.05, 4.69) is 29.9 Å². The summed E-state index contributed by atoms with van der Waals surface area (Å²) in [5.41, 5.74) is 2.58. The summed E-state index contributed by atoms with van der Waals surface area (Å²) in [6.07, 6.45) is 1.43. The van der Waals surface area contributed by atoms with Crippen molar-refractivity contribution in [2.75, 3.05) is 23.4 Å². The standard InChI is InChI=1S/C22H22ClN7O3S/c1-13-10-15(30-34(32)8-3-9-34)11-17-19(13)20(27-12-26-17)28-16-4-5-18(23)29-22(16)33-14(2)21(31)25-7-6-24/h4-5,10-12,14H,3,7-9H2,1-2H3,(H,25,31)(H,26,27,28)/t14-/m1/s1. The van der Waals surface area contributed by atoms with Crippen LogP contribution >= 0.6 is 11.6 Å². The number of hydrogen-bond acceptors (Lipinski definition) is 9. The van der Waals surface area contributed by atoms with Crippen LogP contribution in [0, 0.1) is 18.3 Å². The van der Waals surface area contributed by atoms with E-state index in [0.717, 1.165) is 17.4 Å². The second-order valence-electron chi connectivity index (χ2n) is 7.75. The highest BCUT2D eigenvalue weighted by atomic mass is 35.5. The molecule has 12 heteroatoms. The number of anilines is 2. The summed E-state index contributed by atoms with van der Waals surface area (Å²) in [5.74, 6) is 1.39. The zero-order chi connectivity index (χ0) is 24.3. The van der Waals surface area contributed by atoms with Gasteiger partial charge in [0.05, 0.1) is 27.0 Å². The third-order valence-corrected chi connectivity index (χ3v) is 7.80. The van der Waals surface area contributed by atoms with Crippen LogP contribution in [0.2, 0.25) is 5.15 Å². The summed E-state index contributed by atoms with van der Waals surface area (Å²) in [6, 6.07) is 8.74. The molecule has 4 rings (SSSR count). The molecule has 1 aliphatic rings. The van der Waals surface area contributed by atoms with Gasteiger partial charge in [0.15, 0.2) is 6.10 Å². The number of amides is 1. The number of hydrogen-bond donors (Lipinski definition) is 2. The van der Waals surface area contributed by atoms with E-state index in [0.29, 0.717) is 34.2 Å². The summed E-state index contributed by atoms with van der Waals surface area (Å²) in [5, 5.41) is 15.2. The molecule has 10 nitrogen and oxygen atoms in total. The molecule has 2 aromatic heterocycles. The molecule has 1 fully saturated rings. The van der Waals surface area contributed by atoms with Crippen LogP contribution < -0.4 is 15.4 Å². The van der Waals surface area contributed by atoms with Gasteiger partial charge in [-0.1, -0.05) is 11.6 Å². The van der Waals surface area contributed by atoms with Crippen LogP contribution in [0.15, 0.2) is 35.0 Å². The van der Waals surface area contributed by atoms with Gasteiger partial charge in [-0.15, -0.1) is 0 Å². The smallest absolute Gasteiger partial charge is 0.261 e. The quantitative estimate of drug-likeness (QED) is 0.370. The van der Waals surface area contributed by atoms with Crippen molar-refractivity contribution in [2.45, 2.75) is 26.4 Å². The molecule has 176 valence electrons. The number of carbonyl (C=O) groups excluding carboxylic acids is 1. The largest absolute Gasteiger partial charge is 0.463 e. The van der Waals surface area contributed by atoms with E-state index >= 15 is 0 Å². The first-order chi connectivity index (χ1) is 16.3. The van der Waals surface area contributed by atoms with Crippen molar-refractivity contribution < 1.29 is 13.7 Å². The van der Waals surface area contributed by atoms with Crippen molar-refractivity contribution in [1.29, 1.82) is 5.26 Å². The van der Waals surface area contributed by atoms with Gasteiger partial charge in [-0.05, 0) is 50.1 Å². The van der Waals surface area contributed by atoms with E-state index in [-0.39, 0.29) is 17.6 Å². The van der Waals surface area contributed by atoms with Gasteiger partial charge in [0.25, 0.3) is 5.91 Å². The van der Waals surface area contributed by atoms with Crippen LogP contribution in [0.4, 0.5) is 17.2 Å². The molecule has 1 atom stereocenters. The minimum atomic E-state index is -2.14. The molecule has 0 unspecified atom stereocenters. The molecule has 2 N–H and O–H groups in total. The molecule has 0 radical (unpaired) electrons. The molecule has 1 aliphatic heterocycles. The zero-order valence-electron chi connectivity index (χ0n) is 18.5. The number of fused-ring (bicyclic) bond motifs is 1. The Morgan fingerprint density at radius 2 is 2.15 bits per heavy atom. The molecular formula is C22H22ClN7O3S. The first kappa shape index (κ1) is 23.7. The van der Waals surface area contributed by atoms with Gasteiger partial charge in [0.2, 0.25) is 5.88 Å². The number of pyridine rings is 1. The Morgan fingerprint density at radius 1 is 1.35 bits per heavy atom. The fraction of sp³-hybridized carbons (Fsp3) is 0.318. The Labute approximate surface area is 201 Å². The fourth-order valence-electron chi connectivity index (χ4n) is 3.42. The van der Waals surface area contributed by atoms with Crippen LogP contribution in [0.3, 0.4) is 0 Å². The monoisotopic (exact) mass is 499 g/mol. The number of aromatic nitrogens is 3. The Kier molecular flexibility index (Phi) is 6.81. The van der Waals surface area contributed by atoms with Gasteiger partial charge in [-0.25, -0.2) is 14.2 Å². The summed E-state index contributed by atoms with van der Waals surface area (Å²) in [7, 11) is -2.14. The zero-order valence-corrected chi connectivity index (χ0v) is 20.1. The number of benzene rings is 1. The second-order valence-corrected chi connectivity index (χ2v) is 10.7. The van der Waals surface area contributed by atoms with Crippen molar-refractivity contribution in [1.82, 2.24) is 20.3 Å². The number of nitrogens with one attached hydrogen (secondary N) is 2. The molecule has 0 saturated carbocycles.